The Bertz CT molecular complexity index is 2880. The van der Waals surface area contributed by atoms with Crippen LogP contribution in [0.15, 0.2) is 205 Å². The summed E-state index contributed by atoms with van der Waals surface area (Å²) in [7, 11) is 0. The van der Waals surface area contributed by atoms with Crippen molar-refractivity contribution in [1.82, 2.24) is 0 Å². The van der Waals surface area contributed by atoms with Crippen molar-refractivity contribution in [1.29, 1.82) is 0 Å². The highest BCUT2D eigenvalue weighted by atomic mass is 16.3. The third-order valence-corrected chi connectivity index (χ3v) is 10.3. The molecule has 0 N–H and O–H groups in total. The van der Waals surface area contributed by atoms with Gasteiger partial charge in [0.25, 0.3) is 0 Å². The van der Waals surface area contributed by atoms with Gasteiger partial charge in [0.05, 0.1) is 5.69 Å². The number of fused-ring (bicyclic) bond motifs is 6. The van der Waals surface area contributed by atoms with Gasteiger partial charge in [0.1, 0.15) is 11.2 Å². The lowest BCUT2D eigenvalue weighted by molar-refractivity contribution is 0.669. The molecule has 244 valence electrons. The summed E-state index contributed by atoms with van der Waals surface area (Å²) in [5.74, 6) is 0. The monoisotopic (exact) mass is 663 g/mol. The fourth-order valence-corrected chi connectivity index (χ4v) is 7.75. The average molecular weight is 664 g/mol. The van der Waals surface area contributed by atoms with Gasteiger partial charge in [-0.25, -0.2) is 0 Å². The summed E-state index contributed by atoms with van der Waals surface area (Å²) >= 11 is 0. The summed E-state index contributed by atoms with van der Waals surface area (Å²) in [4.78, 5) is 2.39. The maximum Gasteiger partial charge on any atom is 0.136 e. The van der Waals surface area contributed by atoms with Crippen LogP contribution in [0.1, 0.15) is 0 Å². The Morgan fingerprint density at radius 2 is 0.923 bits per heavy atom. The second kappa shape index (κ2) is 12.5. The maximum atomic E-state index is 6.17. The minimum atomic E-state index is 0.922. The lowest BCUT2D eigenvalue weighted by Crippen LogP contribution is -2.11. The second-order valence-corrected chi connectivity index (χ2v) is 13.3. The summed E-state index contributed by atoms with van der Waals surface area (Å²) < 4.78 is 6.17. The van der Waals surface area contributed by atoms with E-state index in [2.05, 4.69) is 193 Å². The van der Waals surface area contributed by atoms with Crippen LogP contribution in [-0.2, 0) is 0 Å². The van der Waals surface area contributed by atoms with E-state index in [0.29, 0.717) is 0 Å². The molecule has 0 aliphatic heterocycles. The smallest absolute Gasteiger partial charge is 0.136 e. The van der Waals surface area contributed by atoms with Crippen molar-refractivity contribution in [3.8, 4) is 33.4 Å². The summed E-state index contributed by atoms with van der Waals surface area (Å²) in [6, 6.07) is 71.8. The van der Waals surface area contributed by atoms with Crippen LogP contribution in [-0.4, -0.2) is 0 Å². The molecule has 0 amide bonds. The second-order valence-electron chi connectivity index (χ2n) is 13.3. The third kappa shape index (κ3) is 5.12. The van der Waals surface area contributed by atoms with E-state index in [1.807, 2.05) is 12.1 Å². The number of furan rings is 1. The summed E-state index contributed by atoms with van der Waals surface area (Å²) in [6.45, 7) is 0. The number of para-hydroxylation sites is 2. The zero-order chi connectivity index (χ0) is 34.4. The molecule has 10 rings (SSSR count). The van der Waals surface area contributed by atoms with Crippen molar-refractivity contribution in [2.75, 3.05) is 4.90 Å². The van der Waals surface area contributed by atoms with Crippen LogP contribution in [0.25, 0.3) is 76.9 Å². The lowest BCUT2D eigenvalue weighted by atomic mass is 9.95. The van der Waals surface area contributed by atoms with Crippen LogP contribution in [0.2, 0.25) is 0 Å². The minimum Gasteiger partial charge on any atom is -0.456 e. The molecule has 1 aromatic heterocycles. The number of hydrogen-bond donors (Lipinski definition) is 0. The van der Waals surface area contributed by atoms with Gasteiger partial charge in [0.15, 0.2) is 0 Å². The van der Waals surface area contributed by atoms with Crippen molar-refractivity contribution >= 4 is 60.5 Å². The van der Waals surface area contributed by atoms with Crippen LogP contribution < -0.4 is 4.90 Å². The Morgan fingerprint density at radius 3 is 1.73 bits per heavy atom. The van der Waals surface area contributed by atoms with Crippen molar-refractivity contribution in [3.63, 3.8) is 0 Å². The normalized spacial score (nSPS) is 11.5. The van der Waals surface area contributed by atoms with Crippen LogP contribution in [0.3, 0.4) is 0 Å². The predicted octanol–water partition coefficient (Wildman–Crippen LogP) is 14.4. The van der Waals surface area contributed by atoms with Gasteiger partial charge in [-0.3, -0.25) is 0 Å². The van der Waals surface area contributed by atoms with E-state index in [9.17, 15) is 0 Å². The summed E-state index contributed by atoms with van der Waals surface area (Å²) in [5, 5.41) is 7.21. The minimum absolute atomic E-state index is 0.922. The molecule has 2 nitrogen and oxygen atoms in total. The predicted molar refractivity (Wildman–Crippen MR) is 220 cm³/mol. The van der Waals surface area contributed by atoms with Crippen LogP contribution in [0.5, 0.6) is 0 Å². The van der Waals surface area contributed by atoms with E-state index in [0.717, 1.165) is 33.6 Å². The van der Waals surface area contributed by atoms with Gasteiger partial charge in [0.2, 0.25) is 0 Å². The van der Waals surface area contributed by atoms with Gasteiger partial charge >= 0.3 is 0 Å². The molecular formula is C50H33NO. The van der Waals surface area contributed by atoms with Gasteiger partial charge in [-0.1, -0.05) is 152 Å². The summed E-state index contributed by atoms with van der Waals surface area (Å²) in [6.07, 6.45) is 0. The first-order valence-electron chi connectivity index (χ1n) is 17.8. The fraction of sp³-hybridized carbons (Fsp3) is 0. The first-order valence-corrected chi connectivity index (χ1v) is 17.8. The lowest BCUT2D eigenvalue weighted by Gasteiger charge is -2.28. The van der Waals surface area contributed by atoms with Gasteiger partial charge in [-0.2, -0.15) is 0 Å². The molecule has 0 saturated heterocycles. The molecule has 0 atom stereocenters. The molecule has 0 unspecified atom stereocenters. The van der Waals surface area contributed by atoms with E-state index in [1.54, 1.807) is 0 Å². The van der Waals surface area contributed by atoms with Gasteiger partial charge in [-0.15, -0.1) is 0 Å². The van der Waals surface area contributed by atoms with Crippen LogP contribution in [0.4, 0.5) is 17.1 Å². The summed E-state index contributed by atoms with van der Waals surface area (Å²) in [5.41, 5.74) is 12.3. The van der Waals surface area contributed by atoms with Crippen molar-refractivity contribution < 1.29 is 4.42 Å². The molecule has 0 bridgehead atoms. The fourth-order valence-electron chi connectivity index (χ4n) is 7.75. The molecule has 10 aromatic rings. The molecule has 0 saturated carbocycles. The van der Waals surface area contributed by atoms with E-state index in [-0.39, 0.29) is 0 Å². The van der Waals surface area contributed by atoms with Gasteiger partial charge in [0, 0.05) is 27.7 Å². The SMILES string of the molecule is c1ccc(-c2ccc(N(c3ccc(-c4ccc5c(ccc6oc7ccccc7c65)c4)cc3)c3ccccc3-c3cccc4ccccc34)cc2)cc1. The van der Waals surface area contributed by atoms with E-state index < -0.39 is 0 Å². The topological polar surface area (TPSA) is 16.4 Å². The van der Waals surface area contributed by atoms with Gasteiger partial charge in [-0.05, 0) is 97.9 Å². The zero-order valence-electron chi connectivity index (χ0n) is 28.4. The number of hydrogen-bond acceptors (Lipinski definition) is 2. The van der Waals surface area contributed by atoms with Crippen LogP contribution >= 0.6 is 0 Å². The quantitative estimate of drug-likeness (QED) is 0.176. The molecule has 52 heavy (non-hydrogen) atoms. The molecule has 9 aromatic carbocycles. The Morgan fingerprint density at radius 1 is 0.327 bits per heavy atom. The molecule has 0 radical (unpaired) electrons. The highest BCUT2D eigenvalue weighted by Crippen LogP contribution is 2.44. The van der Waals surface area contributed by atoms with E-state index >= 15 is 0 Å². The number of nitrogens with zero attached hydrogens (tertiary/aromatic N) is 1. The maximum absolute atomic E-state index is 6.17. The molecule has 0 aliphatic rings. The Hall–Kier alpha value is -6.90. The number of anilines is 3. The molecule has 2 heteroatoms. The standard InChI is InChI=1S/C50H33NO/c1-2-11-34(12-3-1)35-21-27-40(28-22-35)51(47-19-8-6-16-45(47)44-18-10-14-37-13-4-5-15-42(37)44)41-29-23-36(24-30-41)38-25-31-43-39(33-38)26-32-49-50(43)46-17-7-9-20-48(46)52-49/h1-33H. The van der Waals surface area contributed by atoms with E-state index in [1.165, 1.54) is 60.3 Å². The highest BCUT2D eigenvalue weighted by molar-refractivity contribution is 6.19. The highest BCUT2D eigenvalue weighted by Gasteiger charge is 2.19. The molecule has 0 spiro atoms. The first kappa shape index (κ1) is 30.0. The van der Waals surface area contributed by atoms with Crippen molar-refractivity contribution in [2.24, 2.45) is 0 Å². The molecular weight excluding hydrogens is 631 g/mol. The largest absolute Gasteiger partial charge is 0.456 e. The molecule has 1 heterocycles. The Balaban J connectivity index is 1.09. The van der Waals surface area contributed by atoms with Crippen LogP contribution in [0, 0.1) is 0 Å². The molecule has 0 fully saturated rings. The third-order valence-electron chi connectivity index (χ3n) is 10.3. The average Bonchev–Trinajstić information content (AvgIpc) is 3.61. The van der Waals surface area contributed by atoms with E-state index in [4.69, 9.17) is 4.42 Å². The number of rotatable bonds is 6. The number of benzene rings is 9. The van der Waals surface area contributed by atoms with Gasteiger partial charge < -0.3 is 9.32 Å². The molecule has 0 aliphatic carbocycles. The zero-order valence-corrected chi connectivity index (χ0v) is 28.4. The van der Waals surface area contributed by atoms with Crippen molar-refractivity contribution in [2.45, 2.75) is 0 Å². The first-order chi connectivity index (χ1) is 25.8. The Labute approximate surface area is 302 Å². The van der Waals surface area contributed by atoms with Crippen molar-refractivity contribution in [3.05, 3.63) is 200 Å². The Kier molecular flexibility index (Phi) is 7.18.